The van der Waals surface area contributed by atoms with Gasteiger partial charge in [0.2, 0.25) is 17.6 Å². The molecule has 0 radical (unpaired) electrons. The Balaban J connectivity index is 1.73. The largest absolute Gasteiger partial charge is 0.493 e. The van der Waals surface area contributed by atoms with Gasteiger partial charge in [-0.3, -0.25) is 9.59 Å². The highest BCUT2D eigenvalue weighted by molar-refractivity contribution is 8.15. The molecule has 2 amide bonds. The van der Waals surface area contributed by atoms with Gasteiger partial charge in [0.05, 0.1) is 38.3 Å². The van der Waals surface area contributed by atoms with Crippen molar-refractivity contribution >= 4 is 52.2 Å². The maximum Gasteiger partial charge on any atom is 0.238 e. The Labute approximate surface area is 194 Å². The second-order valence-corrected chi connectivity index (χ2v) is 8.03. The van der Waals surface area contributed by atoms with Gasteiger partial charge in [-0.15, -0.1) is 5.10 Å². The van der Waals surface area contributed by atoms with E-state index in [0.717, 1.165) is 11.8 Å². The summed E-state index contributed by atoms with van der Waals surface area (Å²) in [5.74, 6) is 0.722. The number of rotatable bonds is 7. The maximum absolute atomic E-state index is 12.6. The van der Waals surface area contributed by atoms with E-state index in [9.17, 15) is 9.59 Å². The summed E-state index contributed by atoms with van der Waals surface area (Å²) in [7, 11) is 4.54. The summed E-state index contributed by atoms with van der Waals surface area (Å²) in [5.41, 5.74) is 1.12. The number of nitrogens with one attached hydrogen (secondary N) is 2. The number of amides is 2. The molecular weight excluding hydrogens is 456 g/mol. The molecule has 2 aromatic carbocycles. The molecule has 9 nitrogen and oxygen atoms in total. The number of halogens is 1. The van der Waals surface area contributed by atoms with Crippen molar-refractivity contribution in [1.82, 2.24) is 5.32 Å². The van der Waals surface area contributed by atoms with E-state index in [1.807, 2.05) is 0 Å². The van der Waals surface area contributed by atoms with Gasteiger partial charge in [-0.1, -0.05) is 35.5 Å². The monoisotopic (exact) mass is 476 g/mol. The number of anilines is 1. The number of nitrogens with zero attached hydrogens (tertiary/aromatic N) is 2. The Kier molecular flexibility index (Phi) is 7.96. The summed E-state index contributed by atoms with van der Waals surface area (Å²) in [6, 6.07) is 10.3. The van der Waals surface area contributed by atoms with Crippen LogP contribution in [0.3, 0.4) is 0 Å². The third-order valence-electron chi connectivity index (χ3n) is 4.34. The first-order valence-electron chi connectivity index (χ1n) is 9.38. The van der Waals surface area contributed by atoms with Crippen LogP contribution in [0.2, 0.25) is 5.02 Å². The van der Waals surface area contributed by atoms with E-state index in [1.165, 1.54) is 27.5 Å². The van der Waals surface area contributed by atoms with Crippen LogP contribution in [0.5, 0.6) is 17.2 Å². The molecule has 1 heterocycles. The zero-order valence-corrected chi connectivity index (χ0v) is 19.1. The highest BCUT2D eigenvalue weighted by Crippen LogP contribution is 2.37. The van der Waals surface area contributed by atoms with E-state index in [2.05, 4.69) is 20.8 Å². The summed E-state index contributed by atoms with van der Waals surface area (Å²) in [6.45, 7) is 0. The first-order valence-corrected chi connectivity index (χ1v) is 10.6. The van der Waals surface area contributed by atoms with Crippen molar-refractivity contribution in [2.24, 2.45) is 10.2 Å². The number of hydrogen-bond acceptors (Lipinski definition) is 8. The molecule has 0 aliphatic carbocycles. The molecule has 0 bridgehead atoms. The van der Waals surface area contributed by atoms with Gasteiger partial charge >= 0.3 is 0 Å². The molecule has 2 N–H and O–H groups in total. The number of ether oxygens (including phenoxy) is 3. The Bertz CT molecular complexity index is 1050. The Morgan fingerprint density at radius 3 is 2.50 bits per heavy atom. The highest BCUT2D eigenvalue weighted by Gasteiger charge is 2.30. The van der Waals surface area contributed by atoms with E-state index in [-0.39, 0.29) is 23.4 Å². The lowest BCUT2D eigenvalue weighted by molar-refractivity contribution is -0.123. The summed E-state index contributed by atoms with van der Waals surface area (Å²) in [5, 5.41) is 13.4. The molecular formula is C21H21ClN4O5S. The Morgan fingerprint density at radius 2 is 1.88 bits per heavy atom. The molecule has 168 valence electrons. The standard InChI is InChI=1S/C21H21ClN4O5S/c1-29-15-8-12(9-16(30-2)19(15)31-3)11-23-26-21-25-18(27)10-17(32-21)20(28)24-14-7-5-4-6-13(14)22/h4-9,11,17H,10H2,1-3H3,(H,24,28)(H,25,26,27)/b23-11+. The number of para-hydroxylation sites is 1. The number of thioether (sulfide) groups is 1. The Hall–Kier alpha value is -3.24. The Morgan fingerprint density at radius 1 is 1.19 bits per heavy atom. The number of amidine groups is 1. The van der Waals surface area contributed by atoms with E-state index in [4.69, 9.17) is 25.8 Å². The lowest BCUT2D eigenvalue weighted by Gasteiger charge is -2.21. The van der Waals surface area contributed by atoms with Crippen molar-refractivity contribution in [3.63, 3.8) is 0 Å². The van der Waals surface area contributed by atoms with Crippen molar-refractivity contribution in [2.75, 3.05) is 26.6 Å². The van der Waals surface area contributed by atoms with E-state index in [1.54, 1.807) is 36.4 Å². The molecule has 0 aromatic heterocycles. The average molecular weight is 477 g/mol. The van der Waals surface area contributed by atoms with Crippen LogP contribution in [0.4, 0.5) is 5.69 Å². The minimum absolute atomic E-state index is 0.0105. The second kappa shape index (κ2) is 10.9. The van der Waals surface area contributed by atoms with Gasteiger partial charge in [0.15, 0.2) is 16.7 Å². The van der Waals surface area contributed by atoms with Gasteiger partial charge < -0.3 is 24.8 Å². The van der Waals surface area contributed by atoms with Crippen LogP contribution in [-0.4, -0.2) is 49.8 Å². The summed E-state index contributed by atoms with van der Waals surface area (Å²) in [6.07, 6.45) is 1.48. The molecule has 1 unspecified atom stereocenters. The molecule has 32 heavy (non-hydrogen) atoms. The predicted molar refractivity (Wildman–Crippen MR) is 125 cm³/mol. The zero-order valence-electron chi connectivity index (χ0n) is 17.5. The van der Waals surface area contributed by atoms with Crippen LogP contribution in [-0.2, 0) is 9.59 Å². The lowest BCUT2D eigenvalue weighted by Crippen LogP contribution is -2.41. The number of methoxy groups -OCH3 is 3. The van der Waals surface area contributed by atoms with Gasteiger partial charge in [-0.05, 0) is 24.3 Å². The number of carbonyl (C=O) groups is 2. The molecule has 1 atom stereocenters. The molecule has 1 fully saturated rings. The van der Waals surface area contributed by atoms with E-state index < -0.39 is 5.25 Å². The van der Waals surface area contributed by atoms with Crippen LogP contribution in [0, 0.1) is 0 Å². The molecule has 1 aliphatic rings. The maximum atomic E-state index is 12.6. The molecule has 3 rings (SSSR count). The van der Waals surface area contributed by atoms with Crippen LogP contribution in [0.1, 0.15) is 12.0 Å². The van der Waals surface area contributed by atoms with Gasteiger partial charge in [0.25, 0.3) is 0 Å². The van der Waals surface area contributed by atoms with Crippen LogP contribution < -0.4 is 24.8 Å². The molecule has 0 saturated carbocycles. The van der Waals surface area contributed by atoms with Gasteiger partial charge in [-0.25, -0.2) is 0 Å². The van der Waals surface area contributed by atoms with Crippen molar-refractivity contribution in [3.8, 4) is 17.2 Å². The zero-order chi connectivity index (χ0) is 23.1. The molecule has 1 saturated heterocycles. The molecule has 2 aromatic rings. The van der Waals surface area contributed by atoms with Crippen molar-refractivity contribution in [1.29, 1.82) is 0 Å². The number of carbonyl (C=O) groups excluding carboxylic acids is 2. The van der Waals surface area contributed by atoms with Gasteiger partial charge in [0, 0.05) is 12.0 Å². The van der Waals surface area contributed by atoms with E-state index >= 15 is 0 Å². The second-order valence-electron chi connectivity index (χ2n) is 6.44. The molecule has 11 heteroatoms. The summed E-state index contributed by atoms with van der Waals surface area (Å²) < 4.78 is 15.9. The fourth-order valence-corrected chi connectivity index (χ4v) is 3.96. The van der Waals surface area contributed by atoms with Crippen LogP contribution in [0.15, 0.2) is 46.6 Å². The third-order valence-corrected chi connectivity index (χ3v) is 5.74. The predicted octanol–water partition coefficient (Wildman–Crippen LogP) is 3.32. The van der Waals surface area contributed by atoms with Crippen molar-refractivity contribution in [2.45, 2.75) is 11.7 Å². The fourth-order valence-electron chi connectivity index (χ4n) is 2.84. The first-order chi connectivity index (χ1) is 15.4. The highest BCUT2D eigenvalue weighted by atomic mass is 35.5. The van der Waals surface area contributed by atoms with Gasteiger partial charge in [-0.2, -0.15) is 5.10 Å². The minimum atomic E-state index is -0.671. The fraction of sp³-hybridized carbons (Fsp3) is 0.238. The SMILES string of the molecule is COc1cc(/C=N/N=C2NC(=O)CC(C(=O)Nc3ccccc3Cl)S2)cc(OC)c1OC. The number of hydrogen-bond donors (Lipinski definition) is 2. The number of benzene rings is 2. The van der Waals surface area contributed by atoms with E-state index in [0.29, 0.717) is 33.5 Å². The average Bonchev–Trinajstić information content (AvgIpc) is 2.79. The third kappa shape index (κ3) is 5.71. The van der Waals surface area contributed by atoms with Crippen LogP contribution >= 0.6 is 23.4 Å². The quantitative estimate of drug-likeness (QED) is 0.468. The first kappa shape index (κ1) is 23.4. The normalized spacial score (nSPS) is 17.2. The molecule has 1 aliphatic heterocycles. The lowest BCUT2D eigenvalue weighted by atomic mass is 10.2. The summed E-state index contributed by atoms with van der Waals surface area (Å²) >= 11 is 7.19. The summed E-state index contributed by atoms with van der Waals surface area (Å²) in [4.78, 5) is 24.7. The smallest absolute Gasteiger partial charge is 0.238 e. The van der Waals surface area contributed by atoms with Gasteiger partial charge in [0.1, 0.15) is 5.25 Å². The minimum Gasteiger partial charge on any atom is -0.493 e. The van der Waals surface area contributed by atoms with Crippen molar-refractivity contribution < 1.29 is 23.8 Å². The molecule has 0 spiro atoms. The van der Waals surface area contributed by atoms with Crippen molar-refractivity contribution in [3.05, 3.63) is 47.0 Å². The topological polar surface area (TPSA) is 111 Å². The van der Waals surface area contributed by atoms with Crippen LogP contribution in [0.25, 0.3) is 0 Å².